The average Bonchev–Trinajstić information content (AvgIpc) is 2.17. The second-order valence-corrected chi connectivity index (χ2v) is 3.24. The lowest BCUT2D eigenvalue weighted by molar-refractivity contribution is 0.920. The SMILES string of the molecule is [CH2]C=CCc1ccc(CCC)cc1. The molecule has 0 spiro atoms. The quantitative estimate of drug-likeness (QED) is 0.653. The summed E-state index contributed by atoms with van der Waals surface area (Å²) >= 11 is 0. The lowest BCUT2D eigenvalue weighted by atomic mass is 10.1. The molecule has 0 bridgehead atoms. The van der Waals surface area contributed by atoms with Gasteiger partial charge < -0.3 is 0 Å². The van der Waals surface area contributed by atoms with E-state index in [0.717, 1.165) is 6.42 Å². The van der Waals surface area contributed by atoms with E-state index in [1.165, 1.54) is 24.0 Å². The summed E-state index contributed by atoms with van der Waals surface area (Å²) in [4.78, 5) is 0. The molecule has 13 heavy (non-hydrogen) atoms. The lowest BCUT2D eigenvalue weighted by Gasteiger charge is -2.00. The number of allylic oxidation sites excluding steroid dienone is 2. The molecular formula is C13H17. The lowest BCUT2D eigenvalue weighted by Crippen LogP contribution is -1.85. The monoisotopic (exact) mass is 173 g/mol. The Kier molecular flexibility index (Phi) is 4.31. The third-order valence-electron chi connectivity index (χ3n) is 2.08. The highest BCUT2D eigenvalue weighted by Crippen LogP contribution is 2.07. The highest BCUT2D eigenvalue weighted by Gasteiger charge is 1.91. The molecule has 0 nitrogen and oxygen atoms in total. The van der Waals surface area contributed by atoms with Crippen molar-refractivity contribution in [2.75, 3.05) is 0 Å². The number of benzene rings is 1. The first-order valence-electron chi connectivity index (χ1n) is 4.89. The van der Waals surface area contributed by atoms with Gasteiger partial charge in [0.1, 0.15) is 0 Å². The molecule has 1 radical (unpaired) electrons. The Morgan fingerprint density at radius 3 is 2.31 bits per heavy atom. The molecule has 69 valence electrons. The molecule has 1 rings (SSSR count). The first-order valence-corrected chi connectivity index (χ1v) is 4.89. The Morgan fingerprint density at radius 2 is 1.77 bits per heavy atom. The molecule has 0 aliphatic rings. The zero-order chi connectivity index (χ0) is 9.52. The van der Waals surface area contributed by atoms with Gasteiger partial charge in [0.2, 0.25) is 0 Å². The molecule has 1 aromatic carbocycles. The van der Waals surface area contributed by atoms with Crippen LogP contribution in [0, 0.1) is 6.92 Å². The van der Waals surface area contributed by atoms with Gasteiger partial charge in [0.25, 0.3) is 0 Å². The minimum atomic E-state index is 0.996. The fourth-order valence-electron chi connectivity index (χ4n) is 1.35. The van der Waals surface area contributed by atoms with Crippen molar-refractivity contribution in [3.05, 3.63) is 54.5 Å². The third-order valence-corrected chi connectivity index (χ3v) is 2.08. The van der Waals surface area contributed by atoms with Crippen LogP contribution in [0.1, 0.15) is 24.5 Å². The number of rotatable bonds is 4. The molecule has 0 aliphatic heterocycles. The van der Waals surface area contributed by atoms with Crippen LogP contribution in [0.5, 0.6) is 0 Å². The van der Waals surface area contributed by atoms with Crippen LogP contribution in [-0.2, 0) is 12.8 Å². The zero-order valence-electron chi connectivity index (χ0n) is 8.29. The summed E-state index contributed by atoms with van der Waals surface area (Å²) in [7, 11) is 0. The van der Waals surface area contributed by atoms with E-state index in [0.29, 0.717) is 0 Å². The van der Waals surface area contributed by atoms with Crippen LogP contribution in [0.2, 0.25) is 0 Å². The van der Waals surface area contributed by atoms with Gasteiger partial charge in [-0.05, 0) is 30.9 Å². The minimum absolute atomic E-state index is 0.996. The van der Waals surface area contributed by atoms with E-state index in [4.69, 9.17) is 0 Å². The van der Waals surface area contributed by atoms with Gasteiger partial charge in [-0.15, -0.1) is 0 Å². The molecule has 0 saturated carbocycles. The number of hydrogen-bond donors (Lipinski definition) is 0. The van der Waals surface area contributed by atoms with Crippen molar-refractivity contribution < 1.29 is 0 Å². The van der Waals surface area contributed by atoms with Crippen LogP contribution in [-0.4, -0.2) is 0 Å². The summed E-state index contributed by atoms with van der Waals surface area (Å²) in [6, 6.07) is 8.83. The predicted molar refractivity (Wildman–Crippen MR) is 58.6 cm³/mol. The van der Waals surface area contributed by atoms with Crippen LogP contribution in [0.15, 0.2) is 36.4 Å². The predicted octanol–water partition coefficient (Wildman–Crippen LogP) is 3.57. The highest BCUT2D eigenvalue weighted by atomic mass is 14.0. The molecule has 0 aromatic heterocycles. The zero-order valence-corrected chi connectivity index (χ0v) is 8.29. The van der Waals surface area contributed by atoms with E-state index < -0.39 is 0 Å². The topological polar surface area (TPSA) is 0 Å². The standard InChI is InChI=1S/C13H17/c1-3-5-7-13-10-8-12(6-4-2)9-11-13/h3,5,8-11H,1,4,6-7H2,2H3. The fourth-order valence-corrected chi connectivity index (χ4v) is 1.35. The minimum Gasteiger partial charge on any atom is -0.0879 e. The Labute approximate surface area is 81.3 Å². The molecular weight excluding hydrogens is 156 g/mol. The smallest absolute Gasteiger partial charge is 0.00975 e. The molecule has 0 aliphatic carbocycles. The molecule has 0 saturated heterocycles. The molecule has 0 amide bonds. The molecule has 0 N–H and O–H groups in total. The van der Waals surface area contributed by atoms with Gasteiger partial charge >= 0.3 is 0 Å². The Balaban J connectivity index is 2.58. The first-order chi connectivity index (χ1) is 6.36. The maximum atomic E-state index is 3.67. The summed E-state index contributed by atoms with van der Waals surface area (Å²) in [6.45, 7) is 5.87. The van der Waals surface area contributed by atoms with Gasteiger partial charge in [0, 0.05) is 0 Å². The van der Waals surface area contributed by atoms with Gasteiger partial charge in [-0.3, -0.25) is 0 Å². The van der Waals surface area contributed by atoms with Crippen LogP contribution >= 0.6 is 0 Å². The number of aryl methyl sites for hydroxylation is 1. The molecule has 0 heteroatoms. The molecule has 0 unspecified atom stereocenters. The average molecular weight is 173 g/mol. The van der Waals surface area contributed by atoms with Gasteiger partial charge in [-0.25, -0.2) is 0 Å². The van der Waals surface area contributed by atoms with Gasteiger partial charge in [0.05, 0.1) is 0 Å². The fraction of sp³-hybridized carbons (Fsp3) is 0.308. The van der Waals surface area contributed by atoms with Crippen LogP contribution in [0.3, 0.4) is 0 Å². The van der Waals surface area contributed by atoms with Gasteiger partial charge in [-0.2, -0.15) is 0 Å². The van der Waals surface area contributed by atoms with Crippen molar-refractivity contribution in [1.29, 1.82) is 0 Å². The van der Waals surface area contributed by atoms with Crippen LogP contribution in [0.4, 0.5) is 0 Å². The van der Waals surface area contributed by atoms with E-state index >= 15 is 0 Å². The molecule has 0 heterocycles. The Hall–Kier alpha value is -1.04. The van der Waals surface area contributed by atoms with Crippen molar-refractivity contribution in [2.24, 2.45) is 0 Å². The van der Waals surface area contributed by atoms with Gasteiger partial charge in [-0.1, -0.05) is 49.8 Å². The summed E-state index contributed by atoms with van der Waals surface area (Å²) in [5.74, 6) is 0. The van der Waals surface area contributed by atoms with Crippen LogP contribution < -0.4 is 0 Å². The van der Waals surface area contributed by atoms with Crippen molar-refractivity contribution in [3.63, 3.8) is 0 Å². The summed E-state index contributed by atoms with van der Waals surface area (Å²) < 4.78 is 0. The molecule has 0 fully saturated rings. The van der Waals surface area contributed by atoms with Crippen molar-refractivity contribution in [3.8, 4) is 0 Å². The Bertz CT molecular complexity index is 254. The van der Waals surface area contributed by atoms with Gasteiger partial charge in [0.15, 0.2) is 0 Å². The number of hydrogen-bond acceptors (Lipinski definition) is 0. The molecule has 0 atom stereocenters. The highest BCUT2D eigenvalue weighted by molar-refractivity contribution is 5.24. The van der Waals surface area contributed by atoms with Crippen molar-refractivity contribution in [2.45, 2.75) is 26.2 Å². The third kappa shape index (κ3) is 3.45. The first kappa shape index (κ1) is 10.0. The van der Waals surface area contributed by atoms with E-state index in [9.17, 15) is 0 Å². The normalized spacial score (nSPS) is 10.9. The maximum absolute atomic E-state index is 3.67. The second kappa shape index (κ2) is 5.58. The van der Waals surface area contributed by atoms with Crippen LogP contribution in [0.25, 0.3) is 0 Å². The van der Waals surface area contributed by atoms with E-state index in [1.54, 1.807) is 0 Å². The largest absolute Gasteiger partial charge is 0.0879 e. The summed E-state index contributed by atoms with van der Waals surface area (Å²) in [5, 5.41) is 0. The van der Waals surface area contributed by atoms with Crippen molar-refractivity contribution in [1.82, 2.24) is 0 Å². The van der Waals surface area contributed by atoms with E-state index in [-0.39, 0.29) is 0 Å². The summed E-state index contributed by atoms with van der Waals surface area (Å²) in [5.41, 5.74) is 2.80. The Morgan fingerprint density at radius 1 is 1.15 bits per heavy atom. The van der Waals surface area contributed by atoms with Crippen molar-refractivity contribution >= 4 is 0 Å². The molecule has 1 aromatic rings. The summed E-state index contributed by atoms with van der Waals surface area (Å²) in [6.07, 6.45) is 7.33. The maximum Gasteiger partial charge on any atom is -0.00975 e. The second-order valence-electron chi connectivity index (χ2n) is 3.24. The van der Waals surface area contributed by atoms with E-state index in [2.05, 4.69) is 44.2 Å². The van der Waals surface area contributed by atoms with E-state index in [1.807, 2.05) is 6.08 Å².